The van der Waals surface area contributed by atoms with E-state index in [0.717, 1.165) is 22.4 Å². The summed E-state index contributed by atoms with van der Waals surface area (Å²) in [5.74, 6) is 0.687. The van der Waals surface area contributed by atoms with Gasteiger partial charge < -0.3 is 19.2 Å². The van der Waals surface area contributed by atoms with E-state index in [-0.39, 0.29) is 12.4 Å². The highest BCUT2D eigenvalue weighted by Gasteiger charge is 2.15. The van der Waals surface area contributed by atoms with E-state index in [9.17, 15) is 9.59 Å². The summed E-state index contributed by atoms with van der Waals surface area (Å²) in [4.78, 5) is 24.6. The number of ether oxygens (including phenoxy) is 2. The van der Waals surface area contributed by atoms with Crippen molar-refractivity contribution in [3.63, 3.8) is 0 Å². The molecule has 2 heterocycles. The number of carbonyl (C=O) groups excluding carboxylic acids is 2. The average Bonchev–Trinajstić information content (AvgIpc) is 3.49. The molecule has 0 spiro atoms. The van der Waals surface area contributed by atoms with Gasteiger partial charge in [0.15, 0.2) is 5.76 Å². The highest BCUT2D eigenvalue weighted by atomic mass is 16.5. The number of nitrogens with one attached hydrogen (secondary N) is 1. The lowest BCUT2D eigenvalue weighted by molar-refractivity contribution is 0.0599. The minimum atomic E-state index is -0.411. The molecule has 1 amide bonds. The van der Waals surface area contributed by atoms with Crippen molar-refractivity contribution < 1.29 is 23.5 Å². The van der Waals surface area contributed by atoms with Gasteiger partial charge in [-0.25, -0.2) is 4.79 Å². The molecule has 8 heteroatoms. The van der Waals surface area contributed by atoms with Crippen LogP contribution >= 0.6 is 0 Å². The Hall–Kier alpha value is -4.33. The monoisotopic (exact) mass is 459 g/mol. The fourth-order valence-corrected chi connectivity index (χ4v) is 3.44. The molecule has 2 aromatic heterocycles. The number of nitrogens with zero attached hydrogens (tertiary/aromatic N) is 2. The van der Waals surface area contributed by atoms with Gasteiger partial charge >= 0.3 is 5.97 Å². The smallest absolute Gasteiger partial charge is 0.338 e. The Balaban J connectivity index is 1.37. The molecule has 0 aliphatic rings. The molecule has 0 radical (unpaired) electrons. The van der Waals surface area contributed by atoms with Gasteiger partial charge in [0.05, 0.1) is 31.1 Å². The number of esters is 1. The molecule has 0 unspecified atom stereocenters. The largest absolute Gasteiger partial charge is 0.485 e. The van der Waals surface area contributed by atoms with Crippen molar-refractivity contribution >= 4 is 17.6 Å². The second kappa shape index (κ2) is 10.1. The van der Waals surface area contributed by atoms with Crippen LogP contribution in [0.3, 0.4) is 0 Å². The summed E-state index contributed by atoms with van der Waals surface area (Å²) < 4.78 is 17.9. The van der Waals surface area contributed by atoms with Gasteiger partial charge in [0, 0.05) is 6.20 Å². The van der Waals surface area contributed by atoms with E-state index in [0.29, 0.717) is 23.6 Å². The molecule has 174 valence electrons. The van der Waals surface area contributed by atoms with E-state index in [4.69, 9.17) is 13.9 Å². The predicted molar refractivity (Wildman–Crippen MR) is 126 cm³/mol. The number of rotatable bonds is 8. The number of methoxy groups -OCH3 is 1. The summed E-state index contributed by atoms with van der Waals surface area (Å²) in [5.41, 5.74) is 3.87. The second-order valence-corrected chi connectivity index (χ2v) is 7.85. The van der Waals surface area contributed by atoms with Crippen molar-refractivity contribution in [1.82, 2.24) is 9.78 Å². The molecular formula is C26H25N3O5. The average molecular weight is 460 g/mol. The Morgan fingerprint density at radius 3 is 2.74 bits per heavy atom. The summed E-state index contributed by atoms with van der Waals surface area (Å²) in [7, 11) is 1.34. The van der Waals surface area contributed by atoms with Gasteiger partial charge in [-0.3, -0.25) is 9.48 Å². The molecule has 0 fully saturated rings. The summed E-state index contributed by atoms with van der Waals surface area (Å²) in [6.07, 6.45) is 3.21. The van der Waals surface area contributed by atoms with Gasteiger partial charge in [0.2, 0.25) is 0 Å². The molecule has 4 rings (SSSR count). The normalized spacial score (nSPS) is 10.7. The molecule has 0 saturated heterocycles. The van der Waals surface area contributed by atoms with Crippen LogP contribution in [-0.4, -0.2) is 28.8 Å². The van der Waals surface area contributed by atoms with Crippen LogP contribution in [0.1, 0.15) is 43.4 Å². The molecule has 4 aromatic rings. The van der Waals surface area contributed by atoms with E-state index in [1.165, 1.54) is 13.3 Å². The molecule has 8 nitrogen and oxygen atoms in total. The number of furan rings is 1. The van der Waals surface area contributed by atoms with Crippen molar-refractivity contribution in [1.29, 1.82) is 0 Å². The highest BCUT2D eigenvalue weighted by Crippen LogP contribution is 2.21. The molecule has 0 atom stereocenters. The maximum absolute atomic E-state index is 12.6. The highest BCUT2D eigenvalue weighted by molar-refractivity contribution is 6.02. The van der Waals surface area contributed by atoms with Crippen LogP contribution in [0.5, 0.6) is 5.75 Å². The Labute approximate surface area is 197 Å². The van der Waals surface area contributed by atoms with Crippen molar-refractivity contribution in [3.05, 3.63) is 101 Å². The van der Waals surface area contributed by atoms with Crippen molar-refractivity contribution in [3.8, 4) is 5.75 Å². The minimum absolute atomic E-state index is 0.170. The van der Waals surface area contributed by atoms with Gasteiger partial charge in [-0.15, -0.1) is 0 Å². The number of amides is 1. The fraction of sp³-hybridized carbons (Fsp3) is 0.192. The van der Waals surface area contributed by atoms with Gasteiger partial charge in [-0.1, -0.05) is 30.3 Å². The zero-order valence-electron chi connectivity index (χ0n) is 19.2. The topological polar surface area (TPSA) is 95.6 Å². The number of aromatic nitrogens is 2. The Bertz CT molecular complexity index is 1320. The van der Waals surface area contributed by atoms with E-state index < -0.39 is 11.9 Å². The number of hydrogen-bond acceptors (Lipinski definition) is 6. The Morgan fingerprint density at radius 1 is 1.09 bits per heavy atom. The maximum atomic E-state index is 12.6. The zero-order chi connectivity index (χ0) is 24.1. The van der Waals surface area contributed by atoms with E-state index >= 15 is 0 Å². The molecule has 0 aliphatic heterocycles. The van der Waals surface area contributed by atoms with E-state index in [1.807, 2.05) is 44.2 Å². The molecule has 0 saturated carbocycles. The Morgan fingerprint density at radius 2 is 1.91 bits per heavy atom. The second-order valence-electron chi connectivity index (χ2n) is 7.85. The fourth-order valence-electron chi connectivity index (χ4n) is 3.44. The maximum Gasteiger partial charge on any atom is 0.338 e. The summed E-state index contributed by atoms with van der Waals surface area (Å²) >= 11 is 0. The van der Waals surface area contributed by atoms with Gasteiger partial charge in [-0.05, 0) is 54.8 Å². The zero-order valence-corrected chi connectivity index (χ0v) is 19.2. The predicted octanol–water partition coefficient (Wildman–Crippen LogP) is 4.76. The van der Waals surface area contributed by atoms with E-state index in [1.54, 1.807) is 35.1 Å². The third kappa shape index (κ3) is 5.35. The molecule has 0 aliphatic carbocycles. The molecule has 34 heavy (non-hydrogen) atoms. The summed E-state index contributed by atoms with van der Waals surface area (Å²) in [6.45, 7) is 4.54. The molecule has 0 bridgehead atoms. The van der Waals surface area contributed by atoms with Crippen molar-refractivity contribution in [2.75, 3.05) is 12.4 Å². The SMILES string of the molecule is COC(=O)c1ccccc1Cn1cc(NC(=O)c2ccc(COc3cc(C)ccc3C)o2)cn1. The summed E-state index contributed by atoms with van der Waals surface area (Å²) in [6, 6.07) is 16.5. The molecule has 2 aromatic carbocycles. The van der Waals surface area contributed by atoms with Crippen LogP contribution in [0.2, 0.25) is 0 Å². The first kappa shape index (κ1) is 22.8. The quantitative estimate of drug-likeness (QED) is 0.382. The number of hydrogen-bond donors (Lipinski definition) is 1. The van der Waals surface area contributed by atoms with Gasteiger partial charge in [0.25, 0.3) is 5.91 Å². The standard InChI is InChI=1S/C26H25N3O5/c1-17-8-9-18(2)24(12-17)33-16-21-10-11-23(34-21)25(30)28-20-13-27-29(15-20)14-19-6-4-5-7-22(19)26(31)32-3/h4-13,15H,14,16H2,1-3H3,(H,28,30). The van der Waals surface area contributed by atoms with Crippen LogP contribution < -0.4 is 10.1 Å². The lowest BCUT2D eigenvalue weighted by Crippen LogP contribution is -2.11. The molecular weight excluding hydrogens is 434 g/mol. The van der Waals surface area contributed by atoms with Gasteiger partial charge in [-0.2, -0.15) is 5.10 Å². The molecule has 1 N–H and O–H groups in total. The third-order valence-corrected chi connectivity index (χ3v) is 5.25. The third-order valence-electron chi connectivity index (χ3n) is 5.25. The van der Waals surface area contributed by atoms with E-state index in [2.05, 4.69) is 10.4 Å². The van der Waals surface area contributed by atoms with Crippen LogP contribution in [0.15, 0.2) is 71.4 Å². The lowest BCUT2D eigenvalue weighted by atomic mass is 10.1. The summed E-state index contributed by atoms with van der Waals surface area (Å²) in [5, 5.41) is 7.04. The Kier molecular flexibility index (Phi) is 6.77. The number of anilines is 1. The van der Waals surface area contributed by atoms with Crippen LogP contribution in [-0.2, 0) is 17.9 Å². The van der Waals surface area contributed by atoms with Crippen LogP contribution in [0, 0.1) is 13.8 Å². The number of benzene rings is 2. The van der Waals surface area contributed by atoms with Crippen molar-refractivity contribution in [2.24, 2.45) is 0 Å². The lowest BCUT2D eigenvalue weighted by Gasteiger charge is -2.08. The van der Waals surface area contributed by atoms with Crippen LogP contribution in [0.25, 0.3) is 0 Å². The first-order chi connectivity index (χ1) is 16.4. The number of carbonyl (C=O) groups is 2. The van der Waals surface area contributed by atoms with Crippen molar-refractivity contribution in [2.45, 2.75) is 27.0 Å². The first-order valence-electron chi connectivity index (χ1n) is 10.7. The minimum Gasteiger partial charge on any atom is -0.485 e. The van der Waals surface area contributed by atoms with Crippen LogP contribution in [0.4, 0.5) is 5.69 Å². The number of aryl methyl sites for hydroxylation is 2. The van der Waals surface area contributed by atoms with Gasteiger partial charge in [0.1, 0.15) is 18.1 Å². The first-order valence-corrected chi connectivity index (χ1v) is 10.7.